The summed E-state index contributed by atoms with van der Waals surface area (Å²) in [5.41, 5.74) is 0.910. The fourth-order valence-electron chi connectivity index (χ4n) is 3.25. The van der Waals surface area contributed by atoms with Gasteiger partial charge in [0.05, 0.1) is 0 Å². The van der Waals surface area contributed by atoms with Crippen LogP contribution in [0.25, 0.3) is 10.8 Å². The maximum atomic E-state index is 13.0. The summed E-state index contributed by atoms with van der Waals surface area (Å²) < 4.78 is 13.0. The van der Waals surface area contributed by atoms with Crippen LogP contribution in [-0.2, 0) is 11.3 Å². The van der Waals surface area contributed by atoms with Crippen molar-refractivity contribution in [1.82, 2.24) is 9.88 Å². The fourth-order valence-corrected chi connectivity index (χ4v) is 3.51. The van der Waals surface area contributed by atoms with Crippen LogP contribution in [0.1, 0.15) is 12.0 Å². The van der Waals surface area contributed by atoms with Gasteiger partial charge in [0.15, 0.2) is 0 Å². The number of likely N-dealkylation sites (tertiary alicyclic amines) is 1. The molecule has 1 unspecified atom stereocenters. The zero-order valence-electron chi connectivity index (χ0n) is 14.0. The van der Waals surface area contributed by atoms with Gasteiger partial charge in [0.1, 0.15) is 22.8 Å². The maximum Gasteiger partial charge on any atom is 0.245 e. The molecular formula is C20H17ClFN3O. The highest BCUT2D eigenvalue weighted by Crippen LogP contribution is 2.26. The van der Waals surface area contributed by atoms with Crippen molar-refractivity contribution in [2.75, 3.05) is 11.9 Å². The van der Waals surface area contributed by atoms with Gasteiger partial charge < -0.3 is 10.2 Å². The van der Waals surface area contributed by atoms with Crippen molar-refractivity contribution in [2.24, 2.45) is 0 Å². The Hall–Kier alpha value is -2.66. The first-order chi connectivity index (χ1) is 12.6. The van der Waals surface area contributed by atoms with Gasteiger partial charge in [0, 0.05) is 18.5 Å². The number of carbonyl (C=O) groups is 1. The third-order valence-corrected chi connectivity index (χ3v) is 4.89. The molecule has 1 aliphatic rings. The molecule has 0 spiro atoms. The topological polar surface area (TPSA) is 45.2 Å². The summed E-state index contributed by atoms with van der Waals surface area (Å²) in [6.07, 6.45) is 0.687. The minimum Gasteiger partial charge on any atom is -0.358 e. The molecule has 4 rings (SSSR count). The van der Waals surface area contributed by atoms with Gasteiger partial charge in [-0.15, -0.1) is 0 Å². The summed E-state index contributed by atoms with van der Waals surface area (Å²) >= 11 is 6.26. The second kappa shape index (κ2) is 6.92. The number of halogens is 2. The Kier molecular flexibility index (Phi) is 4.47. The predicted octanol–water partition coefficient (Wildman–Crippen LogP) is 4.24. The molecule has 1 aliphatic heterocycles. The lowest BCUT2D eigenvalue weighted by atomic mass is 10.1. The molecule has 3 aromatic rings. The van der Waals surface area contributed by atoms with Crippen LogP contribution >= 0.6 is 11.6 Å². The monoisotopic (exact) mass is 369 g/mol. The van der Waals surface area contributed by atoms with E-state index in [2.05, 4.69) is 10.3 Å². The lowest BCUT2D eigenvalue weighted by Gasteiger charge is -2.18. The molecule has 0 bridgehead atoms. The SMILES string of the molecule is O=C1C(Nc2cc3ccccc3c(Cl)n2)CCN1Cc1ccc(F)cc1. The summed E-state index contributed by atoms with van der Waals surface area (Å²) in [5.74, 6) is 0.330. The first-order valence-corrected chi connectivity index (χ1v) is 8.83. The molecule has 1 fully saturated rings. The van der Waals surface area contributed by atoms with E-state index in [0.29, 0.717) is 30.5 Å². The minimum absolute atomic E-state index is 0.0143. The first-order valence-electron chi connectivity index (χ1n) is 8.45. The average Bonchev–Trinajstić information content (AvgIpc) is 2.97. The number of hydrogen-bond donors (Lipinski definition) is 1. The fraction of sp³-hybridized carbons (Fsp3) is 0.200. The number of rotatable bonds is 4. The van der Waals surface area contributed by atoms with Crippen LogP contribution in [0.15, 0.2) is 54.6 Å². The van der Waals surface area contributed by atoms with E-state index < -0.39 is 0 Å². The molecule has 0 saturated carbocycles. The maximum absolute atomic E-state index is 13.0. The highest BCUT2D eigenvalue weighted by Gasteiger charge is 2.31. The number of fused-ring (bicyclic) bond motifs is 1. The highest BCUT2D eigenvalue weighted by atomic mass is 35.5. The standard InChI is InChI=1S/C20H17ClFN3O/c21-19-16-4-2-1-3-14(16)11-18(24-19)23-17-9-10-25(20(17)26)12-13-5-7-15(22)8-6-13/h1-8,11,17H,9-10,12H2,(H,23,24). The lowest BCUT2D eigenvalue weighted by molar-refractivity contribution is -0.128. The molecule has 6 heteroatoms. The van der Waals surface area contributed by atoms with Gasteiger partial charge in [-0.1, -0.05) is 48.0 Å². The third kappa shape index (κ3) is 3.35. The van der Waals surface area contributed by atoms with E-state index >= 15 is 0 Å². The predicted molar refractivity (Wildman–Crippen MR) is 101 cm³/mol. The van der Waals surface area contributed by atoms with Crippen molar-refractivity contribution in [3.8, 4) is 0 Å². The Morgan fingerprint density at radius 3 is 2.77 bits per heavy atom. The van der Waals surface area contributed by atoms with Crippen LogP contribution in [0.4, 0.5) is 10.2 Å². The van der Waals surface area contributed by atoms with Crippen LogP contribution in [0.3, 0.4) is 0 Å². The molecule has 1 atom stereocenters. The number of aromatic nitrogens is 1. The van der Waals surface area contributed by atoms with Crippen LogP contribution < -0.4 is 5.32 Å². The Morgan fingerprint density at radius 2 is 1.96 bits per heavy atom. The second-order valence-electron chi connectivity index (χ2n) is 6.39. The van der Waals surface area contributed by atoms with Crippen LogP contribution in [0.2, 0.25) is 5.15 Å². The molecule has 1 saturated heterocycles. The van der Waals surface area contributed by atoms with E-state index in [1.165, 1.54) is 12.1 Å². The van der Waals surface area contributed by atoms with Crippen molar-refractivity contribution in [1.29, 1.82) is 0 Å². The average molecular weight is 370 g/mol. The number of nitrogens with zero attached hydrogens (tertiary/aromatic N) is 2. The number of pyridine rings is 1. The molecule has 0 aliphatic carbocycles. The molecule has 1 aromatic heterocycles. The van der Waals surface area contributed by atoms with Gasteiger partial charge in [-0.25, -0.2) is 9.37 Å². The quantitative estimate of drug-likeness (QED) is 0.699. The van der Waals surface area contributed by atoms with Crippen molar-refractivity contribution < 1.29 is 9.18 Å². The van der Waals surface area contributed by atoms with Crippen LogP contribution in [0.5, 0.6) is 0 Å². The number of hydrogen-bond acceptors (Lipinski definition) is 3. The molecule has 1 N–H and O–H groups in total. The summed E-state index contributed by atoms with van der Waals surface area (Å²) in [4.78, 5) is 18.8. The van der Waals surface area contributed by atoms with Crippen molar-refractivity contribution in [3.63, 3.8) is 0 Å². The molecule has 2 heterocycles. The molecule has 0 radical (unpaired) electrons. The number of amides is 1. The van der Waals surface area contributed by atoms with Crippen molar-refractivity contribution in [3.05, 3.63) is 71.1 Å². The molecule has 2 aromatic carbocycles. The Labute approximate surface area is 155 Å². The van der Waals surface area contributed by atoms with E-state index in [9.17, 15) is 9.18 Å². The zero-order chi connectivity index (χ0) is 18.1. The van der Waals surface area contributed by atoms with Crippen molar-refractivity contribution in [2.45, 2.75) is 19.0 Å². The van der Waals surface area contributed by atoms with Gasteiger partial charge in [-0.2, -0.15) is 0 Å². The second-order valence-corrected chi connectivity index (χ2v) is 6.75. The summed E-state index contributed by atoms with van der Waals surface area (Å²) in [5, 5.41) is 5.48. The summed E-state index contributed by atoms with van der Waals surface area (Å²) in [6, 6.07) is 15.5. The molecule has 1 amide bonds. The van der Waals surface area contributed by atoms with E-state index in [1.54, 1.807) is 17.0 Å². The van der Waals surface area contributed by atoms with E-state index in [-0.39, 0.29) is 17.8 Å². The summed E-state index contributed by atoms with van der Waals surface area (Å²) in [6.45, 7) is 1.12. The first kappa shape index (κ1) is 16.8. The highest BCUT2D eigenvalue weighted by molar-refractivity contribution is 6.34. The van der Waals surface area contributed by atoms with Gasteiger partial charge in [0.25, 0.3) is 0 Å². The normalized spacial score (nSPS) is 17.1. The van der Waals surface area contributed by atoms with Gasteiger partial charge in [0.2, 0.25) is 5.91 Å². The number of carbonyl (C=O) groups excluding carboxylic acids is 1. The van der Waals surface area contributed by atoms with Gasteiger partial charge >= 0.3 is 0 Å². The number of nitrogens with one attached hydrogen (secondary N) is 1. The molecule has 132 valence electrons. The lowest BCUT2D eigenvalue weighted by Crippen LogP contribution is -2.33. The van der Waals surface area contributed by atoms with Gasteiger partial charge in [-0.05, 0) is 35.6 Å². The number of anilines is 1. The van der Waals surface area contributed by atoms with E-state index in [4.69, 9.17) is 11.6 Å². The van der Waals surface area contributed by atoms with Gasteiger partial charge in [-0.3, -0.25) is 4.79 Å². The molecular weight excluding hydrogens is 353 g/mol. The Bertz CT molecular complexity index is 961. The Balaban J connectivity index is 1.48. The third-order valence-electron chi connectivity index (χ3n) is 4.60. The van der Waals surface area contributed by atoms with Crippen molar-refractivity contribution >= 4 is 34.1 Å². The Morgan fingerprint density at radius 1 is 1.19 bits per heavy atom. The molecule has 4 nitrogen and oxygen atoms in total. The van der Waals surface area contributed by atoms with E-state index in [0.717, 1.165) is 16.3 Å². The van der Waals surface area contributed by atoms with E-state index in [1.807, 2.05) is 30.3 Å². The minimum atomic E-state index is -0.333. The molecule has 26 heavy (non-hydrogen) atoms. The van der Waals surface area contributed by atoms with Crippen LogP contribution in [0, 0.1) is 5.82 Å². The summed E-state index contributed by atoms with van der Waals surface area (Å²) in [7, 11) is 0. The largest absolute Gasteiger partial charge is 0.358 e. The zero-order valence-corrected chi connectivity index (χ0v) is 14.7. The smallest absolute Gasteiger partial charge is 0.245 e. The van der Waals surface area contributed by atoms with Crippen LogP contribution in [-0.4, -0.2) is 28.4 Å². The number of benzene rings is 2.